The molecule has 1 aliphatic rings. The molecule has 3 N–H and O–H groups in total. The smallest absolute Gasteiger partial charge is 0.303 e. The van der Waals surface area contributed by atoms with E-state index in [1.165, 1.54) is 12.1 Å². The van der Waals surface area contributed by atoms with Gasteiger partial charge in [0, 0.05) is 56.3 Å². The number of fused-ring (bicyclic) bond motifs is 1. The fourth-order valence-electron chi connectivity index (χ4n) is 5.07. The number of nitrogens with one attached hydrogen (secondary N) is 1. The molecule has 0 unspecified atom stereocenters. The highest BCUT2D eigenvalue weighted by Crippen LogP contribution is 2.32. The average molecular weight is 572 g/mol. The number of nitrogens with zero attached hydrogens (tertiary/aromatic N) is 4. The Hall–Kier alpha value is -4.54. The van der Waals surface area contributed by atoms with Crippen molar-refractivity contribution >= 4 is 39.9 Å². The number of aromatic hydroxyl groups is 1. The number of likely N-dealkylation sites (N-methyl/N-ethyl adjacent to an activating group) is 2. The first-order valence-electron chi connectivity index (χ1n) is 13.9. The molecule has 42 heavy (non-hydrogen) atoms. The number of benzene rings is 3. The average Bonchev–Trinajstić information content (AvgIpc) is 3.30. The number of piperazine rings is 1. The number of aliphatic imine (C=N–C) groups is 1. The lowest BCUT2D eigenvalue weighted by atomic mass is 9.98. The molecule has 0 spiro atoms. The van der Waals surface area contributed by atoms with Crippen LogP contribution in [0.25, 0.3) is 10.9 Å². The highest BCUT2D eigenvalue weighted by Gasteiger charge is 2.21. The molecule has 0 saturated carbocycles. The van der Waals surface area contributed by atoms with Gasteiger partial charge in [-0.1, -0.05) is 24.3 Å². The minimum Gasteiger partial charge on any atom is -0.494 e. The van der Waals surface area contributed by atoms with E-state index >= 15 is 0 Å². The van der Waals surface area contributed by atoms with Crippen molar-refractivity contribution in [1.82, 2.24) is 14.8 Å². The number of rotatable bonds is 9. The zero-order valence-corrected chi connectivity index (χ0v) is 23.7. The molecule has 5 rings (SSSR count). The first-order valence-corrected chi connectivity index (χ1v) is 13.9. The van der Waals surface area contributed by atoms with Gasteiger partial charge in [-0.2, -0.15) is 0 Å². The summed E-state index contributed by atoms with van der Waals surface area (Å²) < 4.78 is 13.9. The fraction of sp³-hybridized carbons (Fsp3) is 0.281. The van der Waals surface area contributed by atoms with Crippen molar-refractivity contribution in [2.24, 2.45) is 4.99 Å². The maximum atomic E-state index is 13.9. The van der Waals surface area contributed by atoms with E-state index in [1.54, 1.807) is 18.0 Å². The first kappa shape index (κ1) is 29.0. The van der Waals surface area contributed by atoms with Crippen LogP contribution in [-0.2, 0) is 16.0 Å². The van der Waals surface area contributed by atoms with E-state index < -0.39 is 11.8 Å². The Morgan fingerprint density at radius 3 is 2.36 bits per heavy atom. The summed E-state index contributed by atoms with van der Waals surface area (Å²) in [5.41, 5.74) is 4.21. The Balaban J connectivity index is 1.44. The van der Waals surface area contributed by atoms with Crippen LogP contribution in [0.1, 0.15) is 23.1 Å². The number of carboxylic acid groups (broad SMARTS) is 1. The van der Waals surface area contributed by atoms with Gasteiger partial charge in [0.25, 0.3) is 0 Å². The SMILES string of the molecule is CN1CCN(CC(=O)N(C)c2ccc(N=C(c3ccc(CCC(=O)O)cc3)c3c(O)[nH]c4cc(F)ccc34)cc2)CC1. The third kappa shape index (κ3) is 6.67. The Bertz CT molecular complexity index is 1610. The lowest BCUT2D eigenvalue weighted by molar-refractivity contribution is -0.137. The highest BCUT2D eigenvalue weighted by atomic mass is 19.1. The summed E-state index contributed by atoms with van der Waals surface area (Å²) in [6, 6.07) is 18.8. The van der Waals surface area contributed by atoms with Gasteiger partial charge in [-0.15, -0.1) is 0 Å². The molecule has 1 amide bonds. The maximum Gasteiger partial charge on any atom is 0.303 e. The van der Waals surface area contributed by atoms with Gasteiger partial charge in [-0.25, -0.2) is 9.38 Å². The number of carbonyl (C=O) groups excluding carboxylic acids is 1. The fourth-order valence-corrected chi connectivity index (χ4v) is 5.07. The lowest BCUT2D eigenvalue weighted by Gasteiger charge is -2.32. The number of aromatic amines is 1. The van der Waals surface area contributed by atoms with Crippen LogP contribution in [0, 0.1) is 5.82 Å². The predicted octanol–water partition coefficient (Wildman–Crippen LogP) is 4.41. The van der Waals surface area contributed by atoms with E-state index in [4.69, 9.17) is 10.1 Å². The number of carboxylic acids is 1. The topological polar surface area (TPSA) is 112 Å². The molecule has 0 aliphatic carbocycles. The molecule has 218 valence electrons. The summed E-state index contributed by atoms with van der Waals surface area (Å²) in [5, 5.41) is 20.5. The van der Waals surface area contributed by atoms with E-state index in [0.717, 1.165) is 37.4 Å². The number of hydrogen-bond acceptors (Lipinski definition) is 6. The Labute approximate surface area is 243 Å². The number of carbonyl (C=O) groups is 2. The van der Waals surface area contributed by atoms with Crippen LogP contribution in [0.15, 0.2) is 71.7 Å². The second kappa shape index (κ2) is 12.5. The third-order valence-electron chi connectivity index (χ3n) is 7.64. The molecule has 2 heterocycles. The van der Waals surface area contributed by atoms with E-state index in [2.05, 4.69) is 21.8 Å². The molecule has 9 nitrogen and oxygen atoms in total. The van der Waals surface area contributed by atoms with E-state index in [9.17, 15) is 19.1 Å². The third-order valence-corrected chi connectivity index (χ3v) is 7.64. The minimum atomic E-state index is -0.868. The van der Waals surface area contributed by atoms with Crippen LogP contribution in [0.2, 0.25) is 0 Å². The van der Waals surface area contributed by atoms with Gasteiger partial charge in [0.2, 0.25) is 5.91 Å². The zero-order valence-electron chi connectivity index (χ0n) is 23.7. The molecule has 0 radical (unpaired) electrons. The van der Waals surface area contributed by atoms with Crippen molar-refractivity contribution in [3.05, 3.63) is 89.2 Å². The van der Waals surface area contributed by atoms with Crippen molar-refractivity contribution < 1.29 is 24.2 Å². The summed E-state index contributed by atoms with van der Waals surface area (Å²) in [4.78, 5) is 37.7. The Kier molecular flexibility index (Phi) is 8.65. The predicted molar refractivity (Wildman–Crippen MR) is 161 cm³/mol. The maximum absolute atomic E-state index is 13.9. The molecule has 1 fully saturated rings. The van der Waals surface area contributed by atoms with Crippen molar-refractivity contribution in [2.75, 3.05) is 51.7 Å². The number of H-pyrrole nitrogens is 1. The van der Waals surface area contributed by atoms with Crippen LogP contribution in [0.5, 0.6) is 5.88 Å². The lowest BCUT2D eigenvalue weighted by Crippen LogP contribution is -2.48. The number of aliphatic carboxylic acids is 1. The number of amides is 1. The van der Waals surface area contributed by atoms with E-state index in [1.807, 2.05) is 48.5 Å². The number of halogens is 1. The monoisotopic (exact) mass is 571 g/mol. The summed E-state index contributed by atoms with van der Waals surface area (Å²) in [6.45, 7) is 3.97. The summed E-state index contributed by atoms with van der Waals surface area (Å²) in [6.07, 6.45) is 0.413. The van der Waals surface area contributed by atoms with Gasteiger partial charge in [-0.3, -0.25) is 14.5 Å². The van der Waals surface area contributed by atoms with Crippen LogP contribution in [-0.4, -0.2) is 89.4 Å². The van der Waals surface area contributed by atoms with E-state index in [0.29, 0.717) is 46.4 Å². The van der Waals surface area contributed by atoms with Crippen LogP contribution in [0.3, 0.4) is 0 Å². The normalized spacial score (nSPS) is 14.8. The van der Waals surface area contributed by atoms with Crippen molar-refractivity contribution in [3.8, 4) is 5.88 Å². The van der Waals surface area contributed by atoms with Gasteiger partial charge in [0.05, 0.1) is 29.0 Å². The largest absolute Gasteiger partial charge is 0.494 e. The van der Waals surface area contributed by atoms with Gasteiger partial charge in [-0.05, 0) is 61.5 Å². The molecule has 0 bridgehead atoms. The van der Waals surface area contributed by atoms with Crippen molar-refractivity contribution in [2.45, 2.75) is 12.8 Å². The zero-order chi connectivity index (χ0) is 29.8. The first-order chi connectivity index (χ1) is 20.2. The van der Waals surface area contributed by atoms with Gasteiger partial charge in [0.1, 0.15) is 5.82 Å². The standard InChI is InChI=1S/C32H34FN5O4/c1-36-15-17-38(18-16-36)20-28(39)37(2)25-11-9-24(10-12-25)34-31(22-6-3-21(4-7-22)5-14-29(40)41)30-26-13-8-23(33)19-27(26)35-32(30)42/h3-4,6-13,19,35,42H,5,14-18,20H2,1-2H3,(H,40,41). The molecule has 1 aliphatic heterocycles. The van der Waals surface area contributed by atoms with Gasteiger partial charge >= 0.3 is 5.97 Å². The van der Waals surface area contributed by atoms with Crippen molar-refractivity contribution in [1.29, 1.82) is 0 Å². The quantitative estimate of drug-likeness (QED) is 0.257. The van der Waals surface area contributed by atoms with Gasteiger partial charge < -0.3 is 25.0 Å². The number of aromatic nitrogens is 1. The Morgan fingerprint density at radius 2 is 1.69 bits per heavy atom. The molecule has 1 aromatic heterocycles. The highest BCUT2D eigenvalue weighted by molar-refractivity contribution is 6.21. The molecular weight excluding hydrogens is 537 g/mol. The van der Waals surface area contributed by atoms with Crippen LogP contribution in [0.4, 0.5) is 15.8 Å². The van der Waals surface area contributed by atoms with Crippen LogP contribution >= 0.6 is 0 Å². The summed E-state index contributed by atoms with van der Waals surface area (Å²) >= 11 is 0. The molecule has 1 saturated heterocycles. The van der Waals surface area contributed by atoms with Crippen LogP contribution < -0.4 is 4.90 Å². The number of anilines is 1. The molecule has 3 aromatic carbocycles. The molecule has 10 heteroatoms. The molecule has 0 atom stereocenters. The summed E-state index contributed by atoms with van der Waals surface area (Å²) in [7, 11) is 3.84. The number of aryl methyl sites for hydroxylation is 1. The second-order valence-electron chi connectivity index (χ2n) is 10.6. The van der Waals surface area contributed by atoms with Crippen molar-refractivity contribution in [3.63, 3.8) is 0 Å². The molecule has 4 aromatic rings. The Morgan fingerprint density at radius 1 is 1.00 bits per heavy atom. The summed E-state index contributed by atoms with van der Waals surface area (Å²) in [5.74, 6) is -1.43. The minimum absolute atomic E-state index is 0.00966. The second-order valence-corrected chi connectivity index (χ2v) is 10.6. The number of hydrogen-bond donors (Lipinski definition) is 3. The molecular formula is C32H34FN5O4. The van der Waals surface area contributed by atoms with Gasteiger partial charge in [0.15, 0.2) is 5.88 Å². The van der Waals surface area contributed by atoms with E-state index in [-0.39, 0.29) is 18.2 Å².